The normalized spacial score (nSPS) is 18.8. The van der Waals surface area contributed by atoms with Crippen LogP contribution in [-0.2, 0) is 25.5 Å². The number of esters is 1. The zero-order valence-corrected chi connectivity index (χ0v) is 25.6. The number of anilines is 2. The summed E-state index contributed by atoms with van der Waals surface area (Å²) < 4.78 is 47.3. The first-order valence-corrected chi connectivity index (χ1v) is 13.9. The maximum Gasteiger partial charge on any atom is 0.407 e. The number of alkyl carbamates (subject to hydrolysis) is 2. The van der Waals surface area contributed by atoms with Gasteiger partial charge in [0.1, 0.15) is 22.7 Å². The fraction of sp³-hybridized carbons (Fsp3) is 0.655. The molecule has 42 heavy (non-hydrogen) atoms. The van der Waals surface area contributed by atoms with Crippen molar-refractivity contribution in [2.24, 2.45) is 0 Å². The summed E-state index contributed by atoms with van der Waals surface area (Å²) in [6, 6.07) is 0.740. The summed E-state index contributed by atoms with van der Waals surface area (Å²) in [5.74, 6) is -2.12. The average Bonchev–Trinajstić information content (AvgIpc) is 3.60. The zero-order valence-electron chi connectivity index (χ0n) is 25.6. The van der Waals surface area contributed by atoms with Crippen LogP contribution in [-0.4, -0.2) is 73.7 Å². The van der Waals surface area contributed by atoms with Crippen molar-refractivity contribution in [3.63, 3.8) is 0 Å². The Balaban J connectivity index is 2.05. The van der Waals surface area contributed by atoms with Crippen molar-refractivity contribution >= 4 is 35.4 Å². The molecule has 0 radical (unpaired) electrons. The number of methoxy groups -OCH3 is 1. The molecule has 2 fully saturated rings. The second-order valence-corrected chi connectivity index (χ2v) is 12.7. The van der Waals surface area contributed by atoms with E-state index in [1.54, 1.807) is 41.5 Å². The van der Waals surface area contributed by atoms with Gasteiger partial charge in [0.2, 0.25) is 5.91 Å². The lowest BCUT2D eigenvalue weighted by molar-refractivity contribution is -0.116. The molecule has 1 heterocycles. The number of nitrogens with zero attached hydrogens (tertiary/aromatic N) is 2. The van der Waals surface area contributed by atoms with Gasteiger partial charge in [0.05, 0.1) is 43.7 Å². The maximum absolute atomic E-state index is 16.0. The van der Waals surface area contributed by atoms with Gasteiger partial charge in [0.15, 0.2) is 0 Å². The van der Waals surface area contributed by atoms with Gasteiger partial charge in [-0.15, -0.1) is 0 Å². The molecule has 13 heteroatoms. The van der Waals surface area contributed by atoms with E-state index in [2.05, 4.69) is 10.6 Å². The number of hydrogen-bond acceptors (Lipinski definition) is 8. The summed E-state index contributed by atoms with van der Waals surface area (Å²) in [6.45, 7) is 10.5. The molecule has 0 bridgehead atoms. The van der Waals surface area contributed by atoms with Crippen LogP contribution < -0.4 is 20.4 Å². The lowest BCUT2D eigenvalue weighted by Crippen LogP contribution is -2.44. The van der Waals surface area contributed by atoms with E-state index in [0.29, 0.717) is 12.8 Å². The Hall–Kier alpha value is -3.64. The van der Waals surface area contributed by atoms with Crippen molar-refractivity contribution in [3.05, 3.63) is 23.0 Å². The highest BCUT2D eigenvalue weighted by atomic mass is 19.1. The summed E-state index contributed by atoms with van der Waals surface area (Å²) >= 11 is 0. The van der Waals surface area contributed by atoms with Gasteiger partial charge >= 0.3 is 18.2 Å². The first kappa shape index (κ1) is 32.9. The SMILES string of the molecule is COC(=O)c1cc(F)c(N2CCC(F)(CNC(=O)OC(C)(C)C)C2)c(CNC(=O)OC(C)(C)C)c1N(C(C)=O)C1CC1. The van der Waals surface area contributed by atoms with Crippen molar-refractivity contribution in [3.8, 4) is 0 Å². The molecule has 2 aliphatic rings. The van der Waals surface area contributed by atoms with Crippen LogP contribution in [0.2, 0.25) is 0 Å². The van der Waals surface area contributed by atoms with Crippen LogP contribution in [0.25, 0.3) is 0 Å². The molecule has 1 unspecified atom stereocenters. The van der Waals surface area contributed by atoms with Crippen LogP contribution in [0.15, 0.2) is 6.07 Å². The Morgan fingerprint density at radius 3 is 2.12 bits per heavy atom. The topological polar surface area (TPSA) is 127 Å². The zero-order chi connectivity index (χ0) is 31.6. The third-order valence-corrected chi connectivity index (χ3v) is 6.60. The Morgan fingerprint density at radius 2 is 1.62 bits per heavy atom. The Bertz CT molecular complexity index is 1220. The summed E-state index contributed by atoms with van der Waals surface area (Å²) in [7, 11) is 1.14. The molecule has 1 aromatic rings. The van der Waals surface area contributed by atoms with Gasteiger partial charge in [-0.25, -0.2) is 23.2 Å². The van der Waals surface area contributed by atoms with Gasteiger partial charge in [0, 0.05) is 31.5 Å². The third kappa shape index (κ3) is 8.45. The number of hydrogen-bond donors (Lipinski definition) is 2. The number of halogens is 2. The highest BCUT2D eigenvalue weighted by molar-refractivity contribution is 6.05. The molecular formula is C29H42F2N4O7. The van der Waals surface area contributed by atoms with Crippen LogP contribution in [0.4, 0.5) is 29.7 Å². The average molecular weight is 597 g/mol. The summed E-state index contributed by atoms with van der Waals surface area (Å²) in [6.07, 6.45) is -0.294. The molecule has 3 rings (SSSR count). The number of ether oxygens (including phenoxy) is 3. The van der Waals surface area contributed by atoms with E-state index >= 15 is 8.78 Å². The van der Waals surface area contributed by atoms with Gasteiger partial charge in [-0.2, -0.15) is 0 Å². The van der Waals surface area contributed by atoms with Crippen LogP contribution in [0.5, 0.6) is 0 Å². The van der Waals surface area contributed by atoms with Crippen molar-refractivity contribution < 1.29 is 42.2 Å². The molecule has 1 saturated carbocycles. The number of amides is 3. The predicted molar refractivity (Wildman–Crippen MR) is 152 cm³/mol. The van der Waals surface area contributed by atoms with Crippen molar-refractivity contribution in [2.75, 3.05) is 36.5 Å². The van der Waals surface area contributed by atoms with Crippen LogP contribution >= 0.6 is 0 Å². The van der Waals surface area contributed by atoms with Crippen molar-refractivity contribution in [1.82, 2.24) is 10.6 Å². The minimum Gasteiger partial charge on any atom is -0.465 e. The molecule has 3 amide bonds. The molecule has 0 spiro atoms. The van der Waals surface area contributed by atoms with Gasteiger partial charge in [0.25, 0.3) is 0 Å². The smallest absolute Gasteiger partial charge is 0.407 e. The maximum atomic E-state index is 16.0. The molecule has 234 valence electrons. The van der Waals surface area contributed by atoms with Gasteiger partial charge in [-0.3, -0.25) is 4.79 Å². The molecule has 11 nitrogen and oxygen atoms in total. The number of carbonyl (C=O) groups excluding carboxylic acids is 4. The van der Waals surface area contributed by atoms with Crippen LogP contribution in [0.3, 0.4) is 0 Å². The second kappa shape index (κ2) is 12.3. The molecule has 1 aliphatic carbocycles. The molecule has 1 aliphatic heterocycles. The lowest BCUT2D eigenvalue weighted by atomic mass is 10.0. The summed E-state index contributed by atoms with van der Waals surface area (Å²) in [4.78, 5) is 53.3. The van der Waals surface area contributed by atoms with Gasteiger partial charge < -0.3 is 34.6 Å². The fourth-order valence-electron chi connectivity index (χ4n) is 4.85. The number of rotatable bonds is 8. The van der Waals surface area contributed by atoms with Gasteiger partial charge in [-0.05, 0) is 60.5 Å². The highest BCUT2D eigenvalue weighted by Crippen LogP contribution is 2.43. The standard InChI is InChI=1S/C29H42F2N4O7/c1-17(36)35(18-9-10-18)22-19(24(37)40-8)13-21(30)23(20(22)14-32-25(38)41-27(2,3)4)34-12-11-29(31,16-34)15-33-26(39)42-28(5,6)7/h13,18H,9-12,14-16H2,1-8H3,(H,32,38)(H,33,39). The van der Waals surface area contributed by atoms with Crippen molar-refractivity contribution in [2.45, 2.75) is 97.2 Å². The van der Waals surface area contributed by atoms with E-state index in [1.165, 1.54) is 16.7 Å². The Morgan fingerprint density at radius 1 is 1.05 bits per heavy atom. The van der Waals surface area contributed by atoms with Crippen molar-refractivity contribution in [1.29, 1.82) is 0 Å². The minimum atomic E-state index is -1.93. The molecule has 1 atom stereocenters. The molecule has 1 aromatic carbocycles. The Labute approximate surface area is 245 Å². The number of nitrogens with one attached hydrogen (secondary N) is 2. The van der Waals surface area contributed by atoms with E-state index in [9.17, 15) is 19.2 Å². The summed E-state index contributed by atoms with van der Waals surface area (Å²) in [5, 5.41) is 5.03. The summed E-state index contributed by atoms with van der Waals surface area (Å²) in [5.41, 5.74) is -3.59. The molecule has 2 N–H and O–H groups in total. The molecular weight excluding hydrogens is 554 g/mol. The van der Waals surface area contributed by atoms with Crippen LogP contribution in [0.1, 0.15) is 83.7 Å². The van der Waals surface area contributed by atoms with E-state index in [-0.39, 0.29) is 67.1 Å². The number of carbonyl (C=O) groups is 4. The first-order chi connectivity index (χ1) is 19.3. The lowest BCUT2D eigenvalue weighted by Gasteiger charge is -2.31. The largest absolute Gasteiger partial charge is 0.465 e. The fourth-order valence-corrected chi connectivity index (χ4v) is 4.85. The van der Waals surface area contributed by atoms with E-state index in [0.717, 1.165) is 13.2 Å². The third-order valence-electron chi connectivity index (χ3n) is 6.60. The van der Waals surface area contributed by atoms with E-state index < -0.39 is 40.8 Å². The number of benzene rings is 1. The van der Waals surface area contributed by atoms with E-state index in [4.69, 9.17) is 14.2 Å². The minimum absolute atomic E-state index is 0.0473. The predicted octanol–water partition coefficient (Wildman–Crippen LogP) is 4.60. The first-order valence-electron chi connectivity index (χ1n) is 13.9. The quantitative estimate of drug-likeness (QED) is 0.330. The molecule has 1 saturated heterocycles. The molecule has 0 aromatic heterocycles. The van der Waals surface area contributed by atoms with E-state index in [1.807, 2.05) is 0 Å². The number of alkyl halides is 1. The van der Waals surface area contributed by atoms with Gasteiger partial charge in [-0.1, -0.05) is 0 Å². The van der Waals surface area contributed by atoms with Crippen LogP contribution in [0, 0.1) is 5.82 Å². The Kier molecular flexibility index (Phi) is 9.63. The highest BCUT2D eigenvalue weighted by Gasteiger charge is 2.43. The monoisotopic (exact) mass is 596 g/mol. The second-order valence-electron chi connectivity index (χ2n) is 12.7.